The van der Waals surface area contributed by atoms with Gasteiger partial charge in [-0.3, -0.25) is 0 Å². The number of nitrogens with one attached hydrogen (secondary N) is 1. The van der Waals surface area contributed by atoms with E-state index in [2.05, 4.69) is 56.8 Å². The molecule has 1 rings (SSSR count). The standard InChI is InChI=1S/C13H23N3/c1-8(2)13-15-10(5)12(11(6)16-13)7-14-9(3)4/h8-9,14H,7H2,1-6H3. The lowest BCUT2D eigenvalue weighted by atomic mass is 10.1. The third-order valence-corrected chi connectivity index (χ3v) is 2.64. The van der Waals surface area contributed by atoms with Gasteiger partial charge in [0.2, 0.25) is 0 Å². The maximum absolute atomic E-state index is 4.56. The van der Waals surface area contributed by atoms with E-state index in [9.17, 15) is 0 Å². The van der Waals surface area contributed by atoms with Gasteiger partial charge < -0.3 is 5.32 Å². The summed E-state index contributed by atoms with van der Waals surface area (Å²) >= 11 is 0. The molecule has 90 valence electrons. The highest BCUT2D eigenvalue weighted by Crippen LogP contribution is 2.15. The van der Waals surface area contributed by atoms with Crippen LogP contribution in [0.25, 0.3) is 0 Å². The van der Waals surface area contributed by atoms with E-state index in [-0.39, 0.29) is 0 Å². The summed E-state index contributed by atoms with van der Waals surface area (Å²) in [6, 6.07) is 0.489. The molecule has 1 N–H and O–H groups in total. The summed E-state index contributed by atoms with van der Waals surface area (Å²) in [5.74, 6) is 1.34. The van der Waals surface area contributed by atoms with Gasteiger partial charge in [0.15, 0.2) is 0 Å². The molecule has 0 radical (unpaired) electrons. The minimum atomic E-state index is 0.393. The molecule has 0 saturated carbocycles. The van der Waals surface area contributed by atoms with Gasteiger partial charge in [0.25, 0.3) is 0 Å². The molecule has 3 nitrogen and oxygen atoms in total. The van der Waals surface area contributed by atoms with Crippen LogP contribution >= 0.6 is 0 Å². The van der Waals surface area contributed by atoms with Crippen molar-refractivity contribution >= 4 is 0 Å². The second-order valence-electron chi connectivity index (χ2n) is 4.92. The Hall–Kier alpha value is -0.960. The van der Waals surface area contributed by atoms with Crippen molar-refractivity contribution < 1.29 is 0 Å². The molecule has 0 aliphatic heterocycles. The van der Waals surface area contributed by atoms with Crippen molar-refractivity contribution in [2.45, 2.75) is 60.0 Å². The summed E-state index contributed by atoms with van der Waals surface area (Å²) < 4.78 is 0. The van der Waals surface area contributed by atoms with Crippen LogP contribution in [0.1, 0.15) is 56.4 Å². The molecule has 0 spiro atoms. The highest BCUT2D eigenvalue weighted by molar-refractivity contribution is 5.24. The fourth-order valence-corrected chi connectivity index (χ4v) is 1.59. The zero-order chi connectivity index (χ0) is 12.3. The molecular formula is C13H23N3. The van der Waals surface area contributed by atoms with Crippen LogP contribution < -0.4 is 5.32 Å². The van der Waals surface area contributed by atoms with Crippen LogP contribution in [0.3, 0.4) is 0 Å². The number of aryl methyl sites for hydroxylation is 2. The summed E-state index contributed by atoms with van der Waals surface area (Å²) in [6.07, 6.45) is 0. The van der Waals surface area contributed by atoms with Crippen molar-refractivity contribution in [2.24, 2.45) is 0 Å². The Morgan fingerprint density at radius 2 is 1.50 bits per heavy atom. The van der Waals surface area contributed by atoms with Crippen molar-refractivity contribution in [3.05, 3.63) is 22.8 Å². The van der Waals surface area contributed by atoms with E-state index in [1.165, 1.54) is 5.56 Å². The highest BCUT2D eigenvalue weighted by Gasteiger charge is 2.10. The van der Waals surface area contributed by atoms with E-state index in [1.54, 1.807) is 0 Å². The molecule has 0 aromatic carbocycles. The lowest BCUT2D eigenvalue weighted by molar-refractivity contribution is 0.580. The minimum absolute atomic E-state index is 0.393. The normalized spacial score (nSPS) is 11.5. The van der Waals surface area contributed by atoms with Gasteiger partial charge >= 0.3 is 0 Å². The fraction of sp³-hybridized carbons (Fsp3) is 0.692. The second kappa shape index (κ2) is 5.39. The first-order valence-corrected chi connectivity index (χ1v) is 5.99. The van der Waals surface area contributed by atoms with Crippen LogP contribution in [0.4, 0.5) is 0 Å². The van der Waals surface area contributed by atoms with E-state index in [4.69, 9.17) is 0 Å². The Morgan fingerprint density at radius 1 is 1.00 bits per heavy atom. The largest absolute Gasteiger partial charge is 0.310 e. The Balaban J connectivity index is 2.94. The van der Waals surface area contributed by atoms with E-state index in [0.717, 1.165) is 23.8 Å². The Bertz CT molecular complexity index is 333. The molecule has 0 bridgehead atoms. The number of hydrogen-bond acceptors (Lipinski definition) is 3. The van der Waals surface area contributed by atoms with Crippen LogP contribution in [0.5, 0.6) is 0 Å². The predicted molar refractivity (Wildman–Crippen MR) is 67.6 cm³/mol. The van der Waals surface area contributed by atoms with Crippen LogP contribution in [-0.2, 0) is 6.54 Å². The molecule has 0 aliphatic rings. The van der Waals surface area contributed by atoms with Crippen molar-refractivity contribution in [1.82, 2.24) is 15.3 Å². The monoisotopic (exact) mass is 221 g/mol. The average Bonchev–Trinajstić information content (AvgIpc) is 2.15. The van der Waals surface area contributed by atoms with Crippen LogP contribution in [0.15, 0.2) is 0 Å². The van der Waals surface area contributed by atoms with Crippen LogP contribution in [0.2, 0.25) is 0 Å². The van der Waals surface area contributed by atoms with Gasteiger partial charge in [-0.1, -0.05) is 27.7 Å². The molecule has 1 aromatic heterocycles. The molecule has 3 heteroatoms. The van der Waals surface area contributed by atoms with E-state index < -0.39 is 0 Å². The first kappa shape index (κ1) is 13.1. The van der Waals surface area contributed by atoms with Gasteiger partial charge in [-0.2, -0.15) is 0 Å². The quantitative estimate of drug-likeness (QED) is 0.849. The Labute approximate surface area is 98.7 Å². The summed E-state index contributed by atoms with van der Waals surface area (Å²) in [6.45, 7) is 13.5. The van der Waals surface area contributed by atoms with Crippen molar-refractivity contribution in [1.29, 1.82) is 0 Å². The summed E-state index contributed by atoms with van der Waals surface area (Å²) in [5.41, 5.74) is 3.44. The lowest BCUT2D eigenvalue weighted by Crippen LogP contribution is -2.23. The third-order valence-electron chi connectivity index (χ3n) is 2.64. The molecule has 0 aliphatic carbocycles. The molecule has 1 aromatic rings. The molecular weight excluding hydrogens is 198 g/mol. The SMILES string of the molecule is Cc1nc(C(C)C)nc(C)c1CNC(C)C. The zero-order valence-corrected chi connectivity index (χ0v) is 11.3. The highest BCUT2D eigenvalue weighted by atomic mass is 14.9. The van der Waals surface area contributed by atoms with Gasteiger partial charge in [-0.25, -0.2) is 9.97 Å². The van der Waals surface area contributed by atoms with Crippen LogP contribution in [-0.4, -0.2) is 16.0 Å². The number of nitrogens with zero attached hydrogens (tertiary/aromatic N) is 2. The minimum Gasteiger partial charge on any atom is -0.310 e. The van der Waals surface area contributed by atoms with Crippen molar-refractivity contribution in [3.63, 3.8) is 0 Å². The average molecular weight is 221 g/mol. The van der Waals surface area contributed by atoms with Gasteiger partial charge in [-0.05, 0) is 13.8 Å². The first-order valence-electron chi connectivity index (χ1n) is 5.99. The van der Waals surface area contributed by atoms with E-state index in [0.29, 0.717) is 12.0 Å². The molecule has 0 unspecified atom stereocenters. The topological polar surface area (TPSA) is 37.8 Å². The Morgan fingerprint density at radius 3 is 1.88 bits per heavy atom. The third kappa shape index (κ3) is 3.27. The van der Waals surface area contributed by atoms with E-state index in [1.807, 2.05) is 0 Å². The van der Waals surface area contributed by atoms with Gasteiger partial charge in [0, 0.05) is 35.5 Å². The fourth-order valence-electron chi connectivity index (χ4n) is 1.59. The molecule has 0 atom stereocenters. The van der Waals surface area contributed by atoms with Crippen LogP contribution in [0, 0.1) is 13.8 Å². The lowest BCUT2D eigenvalue weighted by Gasteiger charge is -2.14. The molecule has 0 amide bonds. The smallest absolute Gasteiger partial charge is 0.131 e. The molecule has 0 saturated heterocycles. The maximum atomic E-state index is 4.56. The molecule has 16 heavy (non-hydrogen) atoms. The second-order valence-corrected chi connectivity index (χ2v) is 4.92. The maximum Gasteiger partial charge on any atom is 0.131 e. The number of aromatic nitrogens is 2. The van der Waals surface area contributed by atoms with Gasteiger partial charge in [-0.15, -0.1) is 0 Å². The number of hydrogen-bond donors (Lipinski definition) is 1. The molecule has 0 fully saturated rings. The first-order chi connectivity index (χ1) is 7.41. The van der Waals surface area contributed by atoms with Gasteiger partial charge in [0.1, 0.15) is 5.82 Å². The van der Waals surface area contributed by atoms with Crippen molar-refractivity contribution in [2.75, 3.05) is 0 Å². The van der Waals surface area contributed by atoms with E-state index >= 15 is 0 Å². The number of rotatable bonds is 4. The van der Waals surface area contributed by atoms with Gasteiger partial charge in [0.05, 0.1) is 0 Å². The predicted octanol–water partition coefficient (Wildman–Crippen LogP) is 2.71. The zero-order valence-electron chi connectivity index (χ0n) is 11.3. The van der Waals surface area contributed by atoms with Crippen molar-refractivity contribution in [3.8, 4) is 0 Å². The summed E-state index contributed by atoms with van der Waals surface area (Å²) in [5, 5.41) is 3.41. The Kier molecular flexibility index (Phi) is 4.42. The summed E-state index contributed by atoms with van der Waals surface area (Å²) in [7, 11) is 0. The molecule has 1 heterocycles. The summed E-state index contributed by atoms with van der Waals surface area (Å²) in [4.78, 5) is 9.12.